The Hall–Kier alpha value is -2.85. The molecule has 0 fully saturated rings. The van der Waals surface area contributed by atoms with Crippen LogP contribution in [0.15, 0.2) is 72.3 Å². The number of hydrogen-bond donors (Lipinski definition) is 1. The number of allylic oxidation sites excluding steroid dienone is 5. The first kappa shape index (κ1) is 25.8. The third-order valence-corrected chi connectivity index (χ3v) is 8.40. The van der Waals surface area contributed by atoms with E-state index in [9.17, 15) is 5.11 Å². The van der Waals surface area contributed by atoms with E-state index in [4.69, 9.17) is 4.98 Å². The highest BCUT2D eigenvalue weighted by Crippen LogP contribution is 2.48. The average Bonchev–Trinajstić information content (AvgIpc) is 3.24. The second kappa shape index (κ2) is 9.47. The second-order valence-corrected chi connectivity index (χ2v) is 13.1. The largest absolute Gasteiger partial charge is 0.392 e. The minimum atomic E-state index is -0.500. The molecule has 0 bridgehead atoms. The van der Waals surface area contributed by atoms with Gasteiger partial charge in [-0.1, -0.05) is 101 Å². The molecule has 1 heterocycles. The van der Waals surface area contributed by atoms with Crippen molar-refractivity contribution >= 4 is 29.9 Å². The lowest BCUT2D eigenvalue weighted by Crippen LogP contribution is -2.41. The Morgan fingerprint density at radius 2 is 1.73 bits per heavy atom. The van der Waals surface area contributed by atoms with Crippen molar-refractivity contribution in [3.05, 3.63) is 83.7 Å². The van der Waals surface area contributed by atoms with Crippen LogP contribution in [0.5, 0.6) is 0 Å². The highest BCUT2D eigenvalue weighted by atomic mass is 16.3. The molecule has 0 radical (unpaired) electrons. The SMILES string of the molecule is Bc1cccc2c1nc(C1C=C(C(C)(C)C)CC(C(C)(C)C)C1O)n2-c1ccc(C2=CC=CCC2)cc1. The minimum absolute atomic E-state index is 0.0149. The van der Waals surface area contributed by atoms with Gasteiger partial charge in [0.25, 0.3) is 0 Å². The van der Waals surface area contributed by atoms with Crippen molar-refractivity contribution in [1.29, 1.82) is 0 Å². The molecule has 0 saturated heterocycles. The number of para-hydroxylation sites is 1. The molecule has 2 aliphatic carbocycles. The van der Waals surface area contributed by atoms with E-state index in [1.165, 1.54) is 16.7 Å². The number of aromatic nitrogens is 2. The zero-order chi connectivity index (χ0) is 26.5. The predicted octanol–water partition coefficient (Wildman–Crippen LogP) is 6.50. The molecule has 0 spiro atoms. The van der Waals surface area contributed by atoms with Crippen molar-refractivity contribution in [1.82, 2.24) is 9.55 Å². The predicted molar refractivity (Wildman–Crippen MR) is 159 cm³/mol. The van der Waals surface area contributed by atoms with E-state index < -0.39 is 6.10 Å². The molecule has 1 N–H and O–H groups in total. The number of hydrogen-bond acceptors (Lipinski definition) is 2. The maximum Gasteiger partial charge on any atom is 0.142 e. The van der Waals surface area contributed by atoms with Gasteiger partial charge in [0.1, 0.15) is 13.7 Å². The molecular weight excluding hydrogens is 451 g/mol. The Bertz CT molecular complexity index is 1390. The van der Waals surface area contributed by atoms with E-state index in [0.717, 1.165) is 47.3 Å². The number of imidazole rings is 1. The standard InChI is InChI=1S/C33H41BN2O/c1-32(2,3)23-19-25(30(37)26(20-23)33(4,5)6)31-35-29-27(34)13-10-14-28(29)36(31)24-17-15-22(16-18-24)21-11-8-7-9-12-21/h7-8,10-11,13-19,25-26,30,37H,9,12,20,34H2,1-6H3. The summed E-state index contributed by atoms with van der Waals surface area (Å²) in [6.07, 6.45) is 11.5. The number of aliphatic hydroxyl groups is 1. The molecule has 3 nitrogen and oxygen atoms in total. The smallest absolute Gasteiger partial charge is 0.142 e. The van der Waals surface area contributed by atoms with E-state index in [1.54, 1.807) is 0 Å². The van der Waals surface area contributed by atoms with Crippen molar-refractivity contribution in [2.75, 3.05) is 0 Å². The fourth-order valence-electron chi connectivity index (χ4n) is 6.01. The summed E-state index contributed by atoms with van der Waals surface area (Å²) in [5, 5.41) is 11.9. The lowest BCUT2D eigenvalue weighted by atomic mass is 9.64. The summed E-state index contributed by atoms with van der Waals surface area (Å²) in [4.78, 5) is 5.25. The number of fused-ring (bicyclic) bond motifs is 1. The minimum Gasteiger partial charge on any atom is -0.392 e. The van der Waals surface area contributed by atoms with Crippen LogP contribution in [0, 0.1) is 16.7 Å². The Morgan fingerprint density at radius 3 is 2.35 bits per heavy atom. The number of nitrogens with zero attached hydrogens (tertiary/aromatic N) is 2. The summed E-state index contributed by atoms with van der Waals surface area (Å²) in [5.41, 5.74) is 8.45. The van der Waals surface area contributed by atoms with Gasteiger partial charge in [-0.2, -0.15) is 0 Å². The van der Waals surface area contributed by atoms with Crippen LogP contribution in [0.3, 0.4) is 0 Å². The van der Waals surface area contributed by atoms with Crippen LogP contribution in [0.2, 0.25) is 0 Å². The van der Waals surface area contributed by atoms with Gasteiger partial charge in [0.15, 0.2) is 0 Å². The highest BCUT2D eigenvalue weighted by Gasteiger charge is 2.43. The Labute approximate surface area is 223 Å². The molecule has 0 amide bonds. The lowest BCUT2D eigenvalue weighted by molar-refractivity contribution is 0.0206. The first-order valence-electron chi connectivity index (χ1n) is 13.8. The molecule has 4 heteroatoms. The molecule has 2 aromatic carbocycles. The van der Waals surface area contributed by atoms with Gasteiger partial charge in [-0.15, -0.1) is 0 Å². The number of aliphatic hydroxyl groups excluding tert-OH is 1. The maximum absolute atomic E-state index is 11.9. The van der Waals surface area contributed by atoms with E-state index in [1.807, 2.05) is 0 Å². The van der Waals surface area contributed by atoms with Crippen molar-refractivity contribution < 1.29 is 5.11 Å². The van der Waals surface area contributed by atoms with Crippen molar-refractivity contribution in [2.45, 2.75) is 72.8 Å². The molecule has 0 aliphatic heterocycles. The van der Waals surface area contributed by atoms with Gasteiger partial charge < -0.3 is 5.11 Å². The van der Waals surface area contributed by atoms with Gasteiger partial charge in [0, 0.05) is 5.69 Å². The summed E-state index contributed by atoms with van der Waals surface area (Å²) < 4.78 is 2.29. The third kappa shape index (κ3) is 4.89. The molecule has 3 atom stereocenters. The van der Waals surface area contributed by atoms with Crippen molar-refractivity contribution in [3.63, 3.8) is 0 Å². The average molecular weight is 493 g/mol. The van der Waals surface area contributed by atoms with Crippen molar-refractivity contribution in [2.24, 2.45) is 16.7 Å². The zero-order valence-electron chi connectivity index (χ0n) is 23.5. The fraction of sp³-hybridized carbons (Fsp3) is 0.424. The molecule has 3 unspecified atom stereocenters. The van der Waals surface area contributed by atoms with Crippen LogP contribution in [0.1, 0.15) is 78.1 Å². The normalized spacial score (nSPS) is 22.7. The van der Waals surface area contributed by atoms with Crippen LogP contribution in [-0.2, 0) is 0 Å². The number of benzene rings is 2. The van der Waals surface area contributed by atoms with Crippen molar-refractivity contribution in [3.8, 4) is 5.69 Å². The second-order valence-electron chi connectivity index (χ2n) is 13.1. The third-order valence-electron chi connectivity index (χ3n) is 8.40. The molecule has 1 aromatic heterocycles. The zero-order valence-corrected chi connectivity index (χ0v) is 23.5. The summed E-state index contributed by atoms with van der Waals surface area (Å²) in [5.74, 6) is 0.907. The Balaban J connectivity index is 1.69. The Morgan fingerprint density at radius 1 is 1.00 bits per heavy atom. The highest BCUT2D eigenvalue weighted by molar-refractivity contribution is 6.38. The molecule has 0 saturated carbocycles. The summed E-state index contributed by atoms with van der Waals surface area (Å²) in [6, 6.07) is 15.3. The van der Waals surface area contributed by atoms with Gasteiger partial charge in [0.05, 0.1) is 23.1 Å². The monoisotopic (exact) mass is 492 g/mol. The van der Waals surface area contributed by atoms with Crippen LogP contribution in [0.25, 0.3) is 22.3 Å². The van der Waals surface area contributed by atoms with Crippen LogP contribution in [0.4, 0.5) is 0 Å². The fourth-order valence-corrected chi connectivity index (χ4v) is 6.01. The molecule has 5 rings (SSSR count). The van der Waals surface area contributed by atoms with Gasteiger partial charge in [-0.3, -0.25) is 4.57 Å². The molecule has 3 aromatic rings. The van der Waals surface area contributed by atoms with Gasteiger partial charge in [0.2, 0.25) is 0 Å². The summed E-state index contributed by atoms with van der Waals surface area (Å²) >= 11 is 0. The van der Waals surface area contributed by atoms with E-state index >= 15 is 0 Å². The lowest BCUT2D eigenvalue weighted by Gasteiger charge is -2.43. The van der Waals surface area contributed by atoms with Gasteiger partial charge in [-0.05, 0) is 65.3 Å². The number of rotatable bonds is 3. The molecule has 37 heavy (non-hydrogen) atoms. The van der Waals surface area contributed by atoms with E-state index in [2.05, 4.69) is 121 Å². The van der Waals surface area contributed by atoms with Gasteiger partial charge in [-0.25, -0.2) is 4.98 Å². The summed E-state index contributed by atoms with van der Waals surface area (Å²) in [7, 11) is 2.13. The molecule has 2 aliphatic rings. The first-order valence-corrected chi connectivity index (χ1v) is 13.8. The van der Waals surface area contributed by atoms with E-state index in [0.29, 0.717) is 0 Å². The quantitative estimate of drug-likeness (QED) is 0.335. The first-order chi connectivity index (χ1) is 17.4. The van der Waals surface area contributed by atoms with Crippen LogP contribution < -0.4 is 5.46 Å². The maximum atomic E-state index is 11.9. The summed E-state index contributed by atoms with van der Waals surface area (Å²) in [6.45, 7) is 13.6. The van der Waals surface area contributed by atoms with E-state index in [-0.39, 0.29) is 22.7 Å². The van der Waals surface area contributed by atoms with Gasteiger partial charge >= 0.3 is 0 Å². The Kier molecular flexibility index (Phi) is 6.60. The van der Waals surface area contributed by atoms with Crippen LogP contribution >= 0.6 is 0 Å². The van der Waals surface area contributed by atoms with Crippen LogP contribution in [-0.4, -0.2) is 28.6 Å². The molecule has 192 valence electrons. The topological polar surface area (TPSA) is 38.1 Å². The molecular formula is C33H41BN2O.